The van der Waals surface area contributed by atoms with Crippen molar-refractivity contribution in [3.63, 3.8) is 0 Å². The highest BCUT2D eigenvalue weighted by molar-refractivity contribution is 4.99. The summed E-state index contributed by atoms with van der Waals surface area (Å²) in [6.07, 6.45) is 7.59. The number of hydrogen-bond donors (Lipinski definition) is 1. The number of hydrogen-bond acceptors (Lipinski definition) is 1. The van der Waals surface area contributed by atoms with E-state index >= 15 is 0 Å². The summed E-state index contributed by atoms with van der Waals surface area (Å²) < 4.78 is 0. The molecule has 2 aliphatic carbocycles. The zero-order valence-electron chi connectivity index (χ0n) is 8.63. The highest BCUT2D eigenvalue weighted by Gasteiger charge is 2.45. The number of rotatable bonds is 1. The minimum atomic E-state index is 0.928. The molecule has 1 heterocycles. The predicted molar refractivity (Wildman–Crippen MR) is 54.5 cm³/mol. The summed E-state index contributed by atoms with van der Waals surface area (Å²) in [5, 5.41) is 3.59. The van der Waals surface area contributed by atoms with Crippen molar-refractivity contribution in [2.24, 2.45) is 23.7 Å². The summed E-state index contributed by atoms with van der Waals surface area (Å²) in [4.78, 5) is 0. The molecule has 13 heavy (non-hydrogen) atoms. The van der Waals surface area contributed by atoms with E-state index in [1.807, 2.05) is 0 Å². The molecule has 1 aliphatic heterocycles. The quantitative estimate of drug-likeness (QED) is 0.652. The topological polar surface area (TPSA) is 12.0 Å². The molecule has 0 radical (unpaired) electrons. The van der Waals surface area contributed by atoms with Gasteiger partial charge in [0, 0.05) is 6.04 Å². The molecule has 5 unspecified atom stereocenters. The summed E-state index contributed by atoms with van der Waals surface area (Å²) >= 11 is 0. The van der Waals surface area contributed by atoms with Gasteiger partial charge in [0.05, 0.1) is 0 Å². The van der Waals surface area contributed by atoms with Gasteiger partial charge in [-0.3, -0.25) is 0 Å². The van der Waals surface area contributed by atoms with Crippen LogP contribution in [0.1, 0.15) is 39.0 Å². The van der Waals surface area contributed by atoms with Crippen LogP contribution in [-0.4, -0.2) is 12.6 Å². The zero-order valence-corrected chi connectivity index (χ0v) is 8.63. The SMILES string of the molecule is CCC1CC2CC3CNC3CC2C1. The first kappa shape index (κ1) is 8.28. The molecule has 1 nitrogen and oxygen atoms in total. The molecule has 5 atom stereocenters. The van der Waals surface area contributed by atoms with E-state index in [0.717, 1.165) is 29.7 Å². The van der Waals surface area contributed by atoms with E-state index in [4.69, 9.17) is 0 Å². The molecule has 0 bridgehead atoms. The Balaban J connectivity index is 1.67. The van der Waals surface area contributed by atoms with E-state index in [-0.39, 0.29) is 0 Å². The maximum absolute atomic E-state index is 3.59. The molecule has 74 valence electrons. The van der Waals surface area contributed by atoms with Crippen molar-refractivity contribution in [1.29, 1.82) is 0 Å². The van der Waals surface area contributed by atoms with Crippen LogP contribution in [0.25, 0.3) is 0 Å². The molecule has 3 rings (SSSR count). The van der Waals surface area contributed by atoms with Crippen molar-refractivity contribution in [2.45, 2.75) is 45.1 Å². The molecular weight excluding hydrogens is 158 g/mol. The Labute approximate surface area is 81.3 Å². The largest absolute Gasteiger partial charge is 0.313 e. The van der Waals surface area contributed by atoms with E-state index in [2.05, 4.69) is 12.2 Å². The third-order valence-electron chi connectivity index (χ3n) is 4.89. The first-order valence-corrected chi connectivity index (χ1v) is 6.10. The Bertz CT molecular complexity index is 181. The predicted octanol–water partition coefficient (Wildman–Crippen LogP) is 2.42. The van der Waals surface area contributed by atoms with Gasteiger partial charge in [0.2, 0.25) is 0 Å². The normalized spacial score (nSPS) is 53.8. The second kappa shape index (κ2) is 2.98. The molecular formula is C12H21N. The van der Waals surface area contributed by atoms with E-state index in [0.29, 0.717) is 0 Å². The maximum atomic E-state index is 3.59. The molecule has 0 aromatic rings. The van der Waals surface area contributed by atoms with Gasteiger partial charge in [-0.05, 0) is 55.9 Å². The van der Waals surface area contributed by atoms with Gasteiger partial charge in [-0.1, -0.05) is 13.3 Å². The van der Waals surface area contributed by atoms with Gasteiger partial charge < -0.3 is 5.32 Å². The Hall–Kier alpha value is -0.0400. The van der Waals surface area contributed by atoms with Crippen LogP contribution in [0.5, 0.6) is 0 Å². The minimum absolute atomic E-state index is 0.928. The first-order chi connectivity index (χ1) is 6.36. The van der Waals surface area contributed by atoms with Crippen molar-refractivity contribution in [3.05, 3.63) is 0 Å². The van der Waals surface area contributed by atoms with Crippen LogP contribution in [0.2, 0.25) is 0 Å². The highest BCUT2D eigenvalue weighted by atomic mass is 15.0. The zero-order chi connectivity index (χ0) is 8.84. The smallest absolute Gasteiger partial charge is 0.0110 e. The number of nitrogens with one attached hydrogen (secondary N) is 1. The van der Waals surface area contributed by atoms with Gasteiger partial charge in [0.15, 0.2) is 0 Å². The van der Waals surface area contributed by atoms with Crippen molar-refractivity contribution >= 4 is 0 Å². The standard InChI is InChI=1S/C12H21N/c1-2-8-3-9-5-11-7-13-12(11)6-10(9)4-8/h8-13H,2-7H2,1H3. The molecule has 0 spiro atoms. The second-order valence-corrected chi connectivity index (χ2v) is 5.51. The third kappa shape index (κ3) is 1.24. The van der Waals surface area contributed by atoms with Crippen LogP contribution in [0.15, 0.2) is 0 Å². The van der Waals surface area contributed by atoms with E-state index in [1.165, 1.54) is 19.4 Å². The van der Waals surface area contributed by atoms with Gasteiger partial charge in [0.1, 0.15) is 0 Å². The van der Waals surface area contributed by atoms with E-state index in [9.17, 15) is 0 Å². The van der Waals surface area contributed by atoms with Crippen LogP contribution < -0.4 is 5.32 Å². The summed E-state index contributed by atoms with van der Waals surface area (Å²) in [6, 6.07) is 0.928. The Morgan fingerprint density at radius 3 is 2.38 bits per heavy atom. The van der Waals surface area contributed by atoms with Crippen molar-refractivity contribution < 1.29 is 0 Å². The fourth-order valence-electron chi connectivity index (χ4n) is 3.94. The van der Waals surface area contributed by atoms with Crippen LogP contribution in [-0.2, 0) is 0 Å². The van der Waals surface area contributed by atoms with E-state index in [1.54, 1.807) is 19.3 Å². The Morgan fingerprint density at radius 2 is 1.77 bits per heavy atom. The lowest BCUT2D eigenvalue weighted by atomic mass is 9.69. The van der Waals surface area contributed by atoms with Gasteiger partial charge in [-0.15, -0.1) is 0 Å². The summed E-state index contributed by atoms with van der Waals surface area (Å²) in [6.45, 7) is 3.69. The Kier molecular flexibility index (Phi) is 1.90. The van der Waals surface area contributed by atoms with Crippen molar-refractivity contribution in [2.75, 3.05) is 6.54 Å². The third-order valence-corrected chi connectivity index (χ3v) is 4.89. The number of fused-ring (bicyclic) bond motifs is 2. The summed E-state index contributed by atoms with van der Waals surface area (Å²) in [5.74, 6) is 4.36. The molecule has 0 aromatic carbocycles. The lowest BCUT2D eigenvalue weighted by Gasteiger charge is -2.46. The van der Waals surface area contributed by atoms with Crippen LogP contribution in [0.4, 0.5) is 0 Å². The van der Waals surface area contributed by atoms with Gasteiger partial charge in [0.25, 0.3) is 0 Å². The van der Waals surface area contributed by atoms with Gasteiger partial charge in [-0.25, -0.2) is 0 Å². The van der Waals surface area contributed by atoms with Crippen molar-refractivity contribution in [1.82, 2.24) is 5.32 Å². The maximum Gasteiger partial charge on any atom is 0.0110 e. The van der Waals surface area contributed by atoms with Crippen LogP contribution in [0.3, 0.4) is 0 Å². The summed E-state index contributed by atoms with van der Waals surface area (Å²) in [5.41, 5.74) is 0. The Morgan fingerprint density at radius 1 is 1.00 bits per heavy atom. The molecule has 3 aliphatic rings. The molecule has 0 amide bonds. The average molecular weight is 179 g/mol. The second-order valence-electron chi connectivity index (χ2n) is 5.51. The molecule has 1 heteroatoms. The summed E-state index contributed by atoms with van der Waals surface area (Å²) in [7, 11) is 0. The fraction of sp³-hybridized carbons (Fsp3) is 1.00. The van der Waals surface area contributed by atoms with Crippen LogP contribution in [0, 0.1) is 23.7 Å². The fourth-order valence-corrected chi connectivity index (χ4v) is 3.94. The minimum Gasteiger partial charge on any atom is -0.313 e. The molecule has 2 saturated carbocycles. The first-order valence-electron chi connectivity index (χ1n) is 6.10. The lowest BCUT2D eigenvalue weighted by Crippen LogP contribution is -2.56. The lowest BCUT2D eigenvalue weighted by molar-refractivity contribution is 0.0911. The van der Waals surface area contributed by atoms with Crippen LogP contribution >= 0.6 is 0 Å². The van der Waals surface area contributed by atoms with Crippen molar-refractivity contribution in [3.8, 4) is 0 Å². The molecule has 1 saturated heterocycles. The molecule has 0 aromatic heterocycles. The highest BCUT2D eigenvalue weighted by Crippen LogP contribution is 2.49. The molecule has 3 fully saturated rings. The van der Waals surface area contributed by atoms with E-state index < -0.39 is 0 Å². The monoisotopic (exact) mass is 179 g/mol. The van der Waals surface area contributed by atoms with Gasteiger partial charge >= 0.3 is 0 Å². The molecule has 1 N–H and O–H groups in total. The van der Waals surface area contributed by atoms with Gasteiger partial charge in [-0.2, -0.15) is 0 Å². The average Bonchev–Trinajstić information content (AvgIpc) is 2.51.